The number of benzene rings is 1. The minimum absolute atomic E-state index is 0.212. The van der Waals surface area contributed by atoms with Gasteiger partial charge in [-0.15, -0.1) is 5.10 Å². The van der Waals surface area contributed by atoms with Crippen LogP contribution in [0.25, 0.3) is 0 Å². The Kier molecular flexibility index (Phi) is 5.75. The van der Waals surface area contributed by atoms with Crippen molar-refractivity contribution in [1.82, 2.24) is 20.3 Å². The van der Waals surface area contributed by atoms with Crippen LogP contribution >= 0.6 is 0 Å². The van der Waals surface area contributed by atoms with Gasteiger partial charge in [0.05, 0.1) is 25.0 Å². The van der Waals surface area contributed by atoms with Crippen LogP contribution in [0.15, 0.2) is 30.5 Å². The highest BCUT2D eigenvalue weighted by Crippen LogP contribution is 2.21. The highest BCUT2D eigenvalue weighted by atomic mass is 16.5. The molecule has 0 aliphatic rings. The number of aryl methyl sites for hydroxylation is 1. The van der Waals surface area contributed by atoms with Crippen LogP contribution in [0.1, 0.15) is 37.6 Å². The molecule has 1 atom stereocenters. The van der Waals surface area contributed by atoms with Crippen molar-refractivity contribution < 1.29 is 4.74 Å². The van der Waals surface area contributed by atoms with Crippen LogP contribution < -0.4 is 10.1 Å². The quantitative estimate of drug-likeness (QED) is 0.811. The maximum absolute atomic E-state index is 5.30. The molecular weight excluding hydrogens is 264 g/mol. The number of ether oxygens (including phenoxy) is 1. The zero-order valence-electron chi connectivity index (χ0n) is 13.0. The Morgan fingerprint density at radius 3 is 2.90 bits per heavy atom. The molecule has 21 heavy (non-hydrogen) atoms. The van der Waals surface area contributed by atoms with E-state index in [1.807, 2.05) is 23.0 Å². The van der Waals surface area contributed by atoms with Gasteiger partial charge < -0.3 is 10.1 Å². The SMILES string of the molecule is CCCn1nncc1C(Cc1cccc(OC)c1)NCC. The van der Waals surface area contributed by atoms with Gasteiger partial charge in [0.2, 0.25) is 0 Å². The lowest BCUT2D eigenvalue weighted by Gasteiger charge is -2.19. The number of likely N-dealkylation sites (N-methyl/N-ethyl adjacent to an activating group) is 1. The fraction of sp³-hybridized carbons (Fsp3) is 0.500. The molecule has 1 N–H and O–H groups in total. The number of nitrogens with one attached hydrogen (secondary N) is 1. The zero-order valence-corrected chi connectivity index (χ0v) is 13.0. The van der Waals surface area contributed by atoms with Crippen molar-refractivity contribution in [3.8, 4) is 5.75 Å². The van der Waals surface area contributed by atoms with Gasteiger partial charge in [0.25, 0.3) is 0 Å². The molecule has 1 aromatic heterocycles. The summed E-state index contributed by atoms with van der Waals surface area (Å²) in [6, 6.07) is 8.41. The number of hydrogen-bond donors (Lipinski definition) is 1. The topological polar surface area (TPSA) is 52.0 Å². The van der Waals surface area contributed by atoms with E-state index in [0.717, 1.165) is 37.4 Å². The van der Waals surface area contributed by atoms with Crippen LogP contribution in [0.5, 0.6) is 5.75 Å². The molecule has 2 aromatic rings. The summed E-state index contributed by atoms with van der Waals surface area (Å²) in [7, 11) is 1.70. The molecule has 0 saturated heterocycles. The van der Waals surface area contributed by atoms with E-state index in [-0.39, 0.29) is 6.04 Å². The van der Waals surface area contributed by atoms with Crippen LogP contribution in [0.2, 0.25) is 0 Å². The molecule has 1 unspecified atom stereocenters. The maximum atomic E-state index is 5.30. The van der Waals surface area contributed by atoms with Gasteiger partial charge in [-0.05, 0) is 37.1 Å². The Labute approximate surface area is 126 Å². The van der Waals surface area contributed by atoms with Crippen LogP contribution in [0.4, 0.5) is 0 Å². The highest BCUT2D eigenvalue weighted by Gasteiger charge is 2.16. The minimum atomic E-state index is 0.212. The molecule has 0 radical (unpaired) electrons. The second-order valence-corrected chi connectivity index (χ2v) is 5.05. The first-order valence-electron chi connectivity index (χ1n) is 7.53. The molecule has 5 heteroatoms. The van der Waals surface area contributed by atoms with Crippen molar-refractivity contribution in [2.75, 3.05) is 13.7 Å². The Hall–Kier alpha value is -1.88. The van der Waals surface area contributed by atoms with Gasteiger partial charge in [-0.25, -0.2) is 4.68 Å². The summed E-state index contributed by atoms with van der Waals surface area (Å²) in [4.78, 5) is 0. The smallest absolute Gasteiger partial charge is 0.119 e. The molecule has 1 aromatic carbocycles. The lowest BCUT2D eigenvalue weighted by atomic mass is 10.0. The van der Waals surface area contributed by atoms with Crippen LogP contribution in [-0.2, 0) is 13.0 Å². The molecule has 0 fully saturated rings. The van der Waals surface area contributed by atoms with Crippen molar-refractivity contribution in [1.29, 1.82) is 0 Å². The first-order valence-corrected chi connectivity index (χ1v) is 7.53. The molecule has 0 aliphatic carbocycles. The van der Waals surface area contributed by atoms with Crippen LogP contribution in [-0.4, -0.2) is 28.6 Å². The van der Waals surface area contributed by atoms with Crippen molar-refractivity contribution >= 4 is 0 Å². The Balaban J connectivity index is 2.19. The molecule has 0 amide bonds. The molecule has 1 heterocycles. The van der Waals surface area contributed by atoms with E-state index in [2.05, 4.69) is 41.6 Å². The summed E-state index contributed by atoms with van der Waals surface area (Å²) in [5.41, 5.74) is 2.38. The summed E-state index contributed by atoms with van der Waals surface area (Å²) < 4.78 is 7.29. The first-order chi connectivity index (χ1) is 10.3. The predicted octanol–water partition coefficient (Wildman–Crippen LogP) is 2.59. The second kappa shape index (κ2) is 7.78. The Morgan fingerprint density at radius 1 is 1.33 bits per heavy atom. The van der Waals surface area contributed by atoms with Crippen LogP contribution in [0, 0.1) is 0 Å². The van der Waals surface area contributed by atoms with Gasteiger partial charge in [0.15, 0.2) is 0 Å². The third-order valence-corrected chi connectivity index (χ3v) is 3.46. The maximum Gasteiger partial charge on any atom is 0.119 e. The largest absolute Gasteiger partial charge is 0.497 e. The van der Waals surface area contributed by atoms with Crippen molar-refractivity contribution in [3.05, 3.63) is 41.7 Å². The van der Waals surface area contributed by atoms with E-state index in [9.17, 15) is 0 Å². The average molecular weight is 288 g/mol. The summed E-state index contributed by atoms with van der Waals surface area (Å²) in [6.07, 6.45) is 3.81. The Bertz CT molecular complexity index is 553. The monoisotopic (exact) mass is 288 g/mol. The molecule has 2 rings (SSSR count). The van der Waals surface area contributed by atoms with Gasteiger partial charge >= 0.3 is 0 Å². The van der Waals surface area contributed by atoms with Crippen molar-refractivity contribution in [3.63, 3.8) is 0 Å². The average Bonchev–Trinajstić information content (AvgIpc) is 2.96. The van der Waals surface area contributed by atoms with E-state index in [1.54, 1.807) is 7.11 Å². The highest BCUT2D eigenvalue weighted by molar-refractivity contribution is 5.29. The molecular formula is C16H24N4O. The molecule has 0 spiro atoms. The number of methoxy groups -OCH3 is 1. The Morgan fingerprint density at radius 2 is 2.19 bits per heavy atom. The lowest BCUT2D eigenvalue weighted by Crippen LogP contribution is -2.25. The number of nitrogens with zero attached hydrogens (tertiary/aromatic N) is 3. The van der Waals surface area contributed by atoms with Gasteiger partial charge in [0, 0.05) is 6.54 Å². The van der Waals surface area contributed by atoms with E-state index < -0.39 is 0 Å². The fourth-order valence-electron chi connectivity index (χ4n) is 2.48. The third-order valence-electron chi connectivity index (χ3n) is 3.46. The van der Waals surface area contributed by atoms with Gasteiger partial charge in [0.1, 0.15) is 5.75 Å². The predicted molar refractivity (Wildman–Crippen MR) is 83.4 cm³/mol. The molecule has 114 valence electrons. The summed E-state index contributed by atoms with van der Waals surface area (Å²) in [6.45, 7) is 6.07. The van der Waals surface area contributed by atoms with Gasteiger partial charge in [-0.2, -0.15) is 0 Å². The first kappa shape index (κ1) is 15.5. The van der Waals surface area contributed by atoms with E-state index in [1.165, 1.54) is 5.56 Å². The molecule has 0 bridgehead atoms. The number of hydrogen-bond acceptors (Lipinski definition) is 4. The van der Waals surface area contributed by atoms with E-state index in [0.29, 0.717) is 0 Å². The molecule has 0 saturated carbocycles. The standard InChI is InChI=1S/C16H24N4O/c1-4-9-20-16(12-18-19-20)15(17-5-2)11-13-7-6-8-14(10-13)21-3/h6-8,10,12,15,17H,4-5,9,11H2,1-3H3. The number of rotatable bonds is 8. The fourth-order valence-corrected chi connectivity index (χ4v) is 2.48. The van der Waals surface area contributed by atoms with Crippen LogP contribution in [0.3, 0.4) is 0 Å². The lowest BCUT2D eigenvalue weighted by molar-refractivity contribution is 0.413. The van der Waals surface area contributed by atoms with Gasteiger partial charge in [-0.3, -0.25) is 0 Å². The number of aromatic nitrogens is 3. The third kappa shape index (κ3) is 4.04. The van der Waals surface area contributed by atoms with Crippen molar-refractivity contribution in [2.45, 2.75) is 39.3 Å². The normalized spacial score (nSPS) is 12.3. The van der Waals surface area contributed by atoms with Crippen molar-refractivity contribution in [2.24, 2.45) is 0 Å². The van der Waals surface area contributed by atoms with E-state index >= 15 is 0 Å². The van der Waals surface area contributed by atoms with E-state index in [4.69, 9.17) is 4.74 Å². The summed E-state index contributed by atoms with van der Waals surface area (Å²) in [5, 5.41) is 11.8. The summed E-state index contributed by atoms with van der Waals surface area (Å²) >= 11 is 0. The zero-order chi connectivity index (χ0) is 15.1. The molecule has 5 nitrogen and oxygen atoms in total. The summed E-state index contributed by atoms with van der Waals surface area (Å²) in [5.74, 6) is 0.892. The molecule has 0 aliphatic heterocycles. The minimum Gasteiger partial charge on any atom is -0.497 e. The van der Waals surface area contributed by atoms with Gasteiger partial charge in [-0.1, -0.05) is 31.2 Å². The second-order valence-electron chi connectivity index (χ2n) is 5.05.